The lowest BCUT2D eigenvalue weighted by molar-refractivity contribution is -0.137. The largest absolute Gasteiger partial charge is 0.494 e. The molecule has 2 rings (SSSR count). The van der Waals surface area contributed by atoms with Crippen LogP contribution in [0.4, 0.5) is 13.2 Å². The van der Waals surface area contributed by atoms with Crippen LogP contribution in [0.2, 0.25) is 0 Å². The molecule has 0 atom stereocenters. The highest BCUT2D eigenvalue weighted by atomic mass is 32.2. The summed E-state index contributed by atoms with van der Waals surface area (Å²) in [4.78, 5) is 2.14. The molecule has 0 saturated carbocycles. The summed E-state index contributed by atoms with van der Waals surface area (Å²) in [5.74, 6) is 0.706. The lowest BCUT2D eigenvalue weighted by Crippen LogP contribution is -2.24. The van der Waals surface area contributed by atoms with Crippen molar-refractivity contribution in [2.75, 3.05) is 26.2 Å². The minimum absolute atomic E-state index is 0.0213. The van der Waals surface area contributed by atoms with E-state index in [-0.39, 0.29) is 11.4 Å². The van der Waals surface area contributed by atoms with Gasteiger partial charge in [0.1, 0.15) is 5.75 Å². The van der Waals surface area contributed by atoms with Gasteiger partial charge in [0.05, 0.1) is 17.1 Å². The van der Waals surface area contributed by atoms with Crippen molar-refractivity contribution in [1.82, 2.24) is 9.62 Å². The van der Waals surface area contributed by atoms with Crippen molar-refractivity contribution in [1.29, 1.82) is 0 Å². The summed E-state index contributed by atoms with van der Waals surface area (Å²) in [6.07, 6.45) is -2.50. The van der Waals surface area contributed by atoms with Crippen LogP contribution in [0.15, 0.2) is 53.4 Å². The monoisotopic (exact) mass is 458 g/mol. The summed E-state index contributed by atoms with van der Waals surface area (Å²) >= 11 is 0. The zero-order chi connectivity index (χ0) is 22.9. The first-order chi connectivity index (χ1) is 14.7. The standard InChI is InChI=1S/C22H29F3N2O3S/c1-3-27(4-2)15-5-6-16-30-20-11-7-18(8-12-20)17-26-31(28,29)21-13-9-19(10-14-21)22(23,24)25/h7-14,26H,3-6,15-17H2,1-2H3. The number of unbranched alkanes of at least 4 members (excludes halogenated alkanes) is 1. The van der Waals surface area contributed by atoms with Gasteiger partial charge in [0.15, 0.2) is 0 Å². The fourth-order valence-electron chi connectivity index (χ4n) is 2.96. The molecule has 0 radical (unpaired) electrons. The van der Waals surface area contributed by atoms with Gasteiger partial charge in [0.2, 0.25) is 10.0 Å². The molecule has 9 heteroatoms. The Morgan fingerprint density at radius 3 is 2.10 bits per heavy atom. The quantitative estimate of drug-likeness (QED) is 0.469. The van der Waals surface area contributed by atoms with Crippen LogP contribution in [0.1, 0.15) is 37.8 Å². The second-order valence-corrected chi connectivity index (χ2v) is 8.84. The summed E-state index contributed by atoms with van der Waals surface area (Å²) < 4.78 is 70.6. The lowest BCUT2D eigenvalue weighted by atomic mass is 10.2. The van der Waals surface area contributed by atoms with Crippen LogP contribution in [-0.4, -0.2) is 39.6 Å². The molecule has 0 aliphatic carbocycles. The van der Waals surface area contributed by atoms with Crippen LogP contribution < -0.4 is 9.46 Å². The van der Waals surface area contributed by atoms with E-state index in [1.807, 2.05) is 0 Å². The van der Waals surface area contributed by atoms with E-state index in [4.69, 9.17) is 4.74 Å². The first kappa shape index (κ1) is 25.2. The van der Waals surface area contributed by atoms with Gasteiger partial charge < -0.3 is 9.64 Å². The Morgan fingerprint density at radius 2 is 1.55 bits per heavy atom. The van der Waals surface area contributed by atoms with E-state index in [0.717, 1.165) is 56.7 Å². The minimum atomic E-state index is -4.51. The molecule has 2 aromatic rings. The zero-order valence-corrected chi connectivity index (χ0v) is 18.6. The van der Waals surface area contributed by atoms with Gasteiger partial charge in [-0.05, 0) is 74.4 Å². The smallest absolute Gasteiger partial charge is 0.416 e. The molecular formula is C22H29F3N2O3S. The molecule has 2 aromatic carbocycles. The number of ether oxygens (including phenoxy) is 1. The first-order valence-electron chi connectivity index (χ1n) is 10.3. The number of benzene rings is 2. The first-order valence-corrected chi connectivity index (χ1v) is 11.7. The predicted octanol–water partition coefficient (Wildman–Crippen LogP) is 4.68. The number of hydrogen-bond acceptors (Lipinski definition) is 4. The average Bonchev–Trinajstić information content (AvgIpc) is 2.75. The van der Waals surface area contributed by atoms with E-state index < -0.39 is 21.8 Å². The normalized spacial score (nSPS) is 12.3. The molecule has 0 aliphatic rings. The molecule has 0 unspecified atom stereocenters. The SMILES string of the molecule is CCN(CC)CCCCOc1ccc(CNS(=O)(=O)c2ccc(C(F)(F)F)cc2)cc1. The van der Waals surface area contributed by atoms with E-state index in [2.05, 4.69) is 23.5 Å². The molecule has 1 N–H and O–H groups in total. The third kappa shape index (κ3) is 8.16. The summed E-state index contributed by atoms with van der Waals surface area (Å²) in [7, 11) is -3.92. The Morgan fingerprint density at radius 1 is 0.935 bits per heavy atom. The van der Waals surface area contributed by atoms with E-state index >= 15 is 0 Å². The van der Waals surface area contributed by atoms with Crippen LogP contribution in [0.5, 0.6) is 5.75 Å². The summed E-state index contributed by atoms with van der Waals surface area (Å²) in [6, 6.07) is 10.4. The molecule has 0 bridgehead atoms. The molecule has 0 aromatic heterocycles. The number of nitrogens with one attached hydrogen (secondary N) is 1. The molecular weight excluding hydrogens is 429 g/mol. The van der Waals surface area contributed by atoms with E-state index in [9.17, 15) is 21.6 Å². The second kappa shape index (κ2) is 11.5. The van der Waals surface area contributed by atoms with E-state index in [1.165, 1.54) is 0 Å². The van der Waals surface area contributed by atoms with Gasteiger partial charge in [0.25, 0.3) is 0 Å². The van der Waals surface area contributed by atoms with Crippen molar-refractivity contribution in [3.8, 4) is 5.75 Å². The lowest BCUT2D eigenvalue weighted by Gasteiger charge is -2.17. The number of alkyl halides is 3. The molecule has 0 spiro atoms. The van der Waals surface area contributed by atoms with Crippen LogP contribution >= 0.6 is 0 Å². The average molecular weight is 459 g/mol. The van der Waals surface area contributed by atoms with E-state index in [0.29, 0.717) is 17.9 Å². The Bertz CT molecular complexity index is 895. The maximum atomic E-state index is 12.6. The highest BCUT2D eigenvalue weighted by Crippen LogP contribution is 2.29. The molecule has 5 nitrogen and oxygen atoms in total. The van der Waals surface area contributed by atoms with Crippen molar-refractivity contribution >= 4 is 10.0 Å². The molecule has 0 heterocycles. The second-order valence-electron chi connectivity index (χ2n) is 7.07. The summed E-state index contributed by atoms with van der Waals surface area (Å²) in [6.45, 7) is 8.06. The van der Waals surface area contributed by atoms with Crippen LogP contribution in [0, 0.1) is 0 Å². The topological polar surface area (TPSA) is 58.6 Å². The van der Waals surface area contributed by atoms with Crippen LogP contribution in [-0.2, 0) is 22.7 Å². The van der Waals surface area contributed by atoms with Gasteiger partial charge in [-0.1, -0.05) is 26.0 Å². The highest BCUT2D eigenvalue weighted by molar-refractivity contribution is 7.89. The van der Waals surface area contributed by atoms with Crippen molar-refractivity contribution in [3.05, 3.63) is 59.7 Å². The molecule has 0 amide bonds. The van der Waals surface area contributed by atoms with E-state index in [1.54, 1.807) is 24.3 Å². The minimum Gasteiger partial charge on any atom is -0.494 e. The molecule has 0 saturated heterocycles. The zero-order valence-electron chi connectivity index (χ0n) is 17.8. The van der Waals surface area contributed by atoms with Crippen molar-refractivity contribution in [2.24, 2.45) is 0 Å². The fraction of sp³-hybridized carbons (Fsp3) is 0.455. The van der Waals surface area contributed by atoms with Crippen molar-refractivity contribution in [3.63, 3.8) is 0 Å². The van der Waals surface area contributed by atoms with Crippen molar-refractivity contribution in [2.45, 2.75) is 44.3 Å². The third-order valence-electron chi connectivity index (χ3n) is 4.91. The fourth-order valence-corrected chi connectivity index (χ4v) is 3.97. The van der Waals surface area contributed by atoms with Gasteiger partial charge in [-0.2, -0.15) is 13.2 Å². The maximum Gasteiger partial charge on any atom is 0.416 e. The van der Waals surface area contributed by atoms with Gasteiger partial charge in [-0.3, -0.25) is 0 Å². The summed E-state index contributed by atoms with van der Waals surface area (Å²) in [5.41, 5.74) is -0.181. The van der Waals surface area contributed by atoms with Gasteiger partial charge >= 0.3 is 6.18 Å². The third-order valence-corrected chi connectivity index (χ3v) is 6.33. The Hall–Kier alpha value is -2.10. The van der Waals surface area contributed by atoms with Gasteiger partial charge in [0, 0.05) is 6.54 Å². The molecule has 31 heavy (non-hydrogen) atoms. The molecule has 0 fully saturated rings. The van der Waals surface area contributed by atoms with Gasteiger partial charge in [-0.25, -0.2) is 13.1 Å². The van der Waals surface area contributed by atoms with Crippen molar-refractivity contribution < 1.29 is 26.3 Å². The molecule has 172 valence electrons. The maximum absolute atomic E-state index is 12.6. The predicted molar refractivity (Wildman–Crippen MR) is 114 cm³/mol. The van der Waals surface area contributed by atoms with Crippen LogP contribution in [0.25, 0.3) is 0 Å². The number of rotatable bonds is 12. The van der Waals surface area contributed by atoms with Crippen LogP contribution in [0.3, 0.4) is 0 Å². The Balaban J connectivity index is 1.80. The molecule has 0 aliphatic heterocycles. The Kier molecular flexibility index (Phi) is 9.33. The number of sulfonamides is 1. The van der Waals surface area contributed by atoms with Gasteiger partial charge in [-0.15, -0.1) is 0 Å². The number of halogens is 3. The summed E-state index contributed by atoms with van der Waals surface area (Å²) in [5, 5.41) is 0. The highest BCUT2D eigenvalue weighted by Gasteiger charge is 2.30. The number of hydrogen-bond donors (Lipinski definition) is 1. The number of nitrogens with zero attached hydrogens (tertiary/aromatic N) is 1. The Labute approximate surface area is 182 Å².